The molecule has 0 aliphatic heterocycles. The van der Waals surface area contributed by atoms with Crippen molar-refractivity contribution in [1.29, 1.82) is 0 Å². The van der Waals surface area contributed by atoms with E-state index in [9.17, 15) is 4.79 Å². The van der Waals surface area contributed by atoms with E-state index in [0.29, 0.717) is 6.54 Å². The van der Waals surface area contributed by atoms with E-state index >= 15 is 0 Å². The van der Waals surface area contributed by atoms with Crippen molar-refractivity contribution in [2.24, 2.45) is 0 Å². The summed E-state index contributed by atoms with van der Waals surface area (Å²) < 4.78 is 1.84. The van der Waals surface area contributed by atoms with E-state index in [0.717, 1.165) is 36.3 Å². The third-order valence-corrected chi connectivity index (χ3v) is 3.16. The van der Waals surface area contributed by atoms with Gasteiger partial charge in [0.05, 0.1) is 0 Å². The highest BCUT2D eigenvalue weighted by molar-refractivity contribution is 5.26. The maximum Gasteiger partial charge on any atom is 0.255 e. The van der Waals surface area contributed by atoms with Gasteiger partial charge in [0.15, 0.2) is 0 Å². The first-order valence-electron chi connectivity index (χ1n) is 6.52. The van der Waals surface area contributed by atoms with Crippen LogP contribution in [0.5, 0.6) is 0 Å². The maximum absolute atomic E-state index is 12.2. The van der Waals surface area contributed by atoms with Gasteiger partial charge in [-0.1, -0.05) is 13.3 Å². The number of nitrogens with zero attached hydrogens (tertiary/aromatic N) is 1. The zero-order valence-corrected chi connectivity index (χ0v) is 11.5. The van der Waals surface area contributed by atoms with Gasteiger partial charge < -0.3 is 9.88 Å². The van der Waals surface area contributed by atoms with Crippen LogP contribution in [-0.4, -0.2) is 11.1 Å². The van der Waals surface area contributed by atoms with E-state index in [1.54, 1.807) is 0 Å². The second-order valence-corrected chi connectivity index (χ2v) is 4.53. The fraction of sp³-hybridized carbons (Fsp3) is 0.643. The minimum atomic E-state index is 0.161. The molecule has 0 amide bonds. The van der Waals surface area contributed by atoms with Crippen LogP contribution in [-0.2, 0) is 13.1 Å². The monoisotopic (exact) mass is 236 g/mol. The molecule has 1 heterocycles. The molecule has 0 saturated carbocycles. The summed E-state index contributed by atoms with van der Waals surface area (Å²) in [6.07, 6.45) is 2.34. The largest absolute Gasteiger partial charge is 0.313 e. The lowest BCUT2D eigenvalue weighted by Crippen LogP contribution is -2.29. The van der Waals surface area contributed by atoms with Crippen molar-refractivity contribution in [2.75, 3.05) is 6.54 Å². The van der Waals surface area contributed by atoms with Gasteiger partial charge in [-0.05, 0) is 45.4 Å². The van der Waals surface area contributed by atoms with Crippen LogP contribution in [0.15, 0.2) is 10.9 Å². The van der Waals surface area contributed by atoms with Crippen molar-refractivity contribution in [3.63, 3.8) is 0 Å². The topological polar surface area (TPSA) is 34.0 Å². The van der Waals surface area contributed by atoms with Crippen molar-refractivity contribution in [3.05, 3.63) is 33.2 Å². The molecule has 1 rings (SSSR count). The number of hydrogen-bond acceptors (Lipinski definition) is 2. The van der Waals surface area contributed by atoms with Crippen molar-refractivity contribution >= 4 is 0 Å². The molecule has 0 aliphatic rings. The first-order chi connectivity index (χ1) is 8.11. The summed E-state index contributed by atoms with van der Waals surface area (Å²) in [4.78, 5) is 12.2. The highest BCUT2D eigenvalue weighted by Gasteiger charge is 2.08. The summed E-state index contributed by atoms with van der Waals surface area (Å²) in [5.41, 5.74) is 3.22. The normalized spacial score (nSPS) is 10.8. The molecular formula is C14H24N2O. The number of pyridine rings is 1. The minimum Gasteiger partial charge on any atom is -0.313 e. The van der Waals surface area contributed by atoms with Gasteiger partial charge >= 0.3 is 0 Å². The lowest BCUT2D eigenvalue weighted by atomic mass is 10.1. The molecule has 96 valence electrons. The van der Waals surface area contributed by atoms with E-state index in [1.807, 2.05) is 25.3 Å². The smallest absolute Gasteiger partial charge is 0.255 e. The van der Waals surface area contributed by atoms with Gasteiger partial charge in [-0.25, -0.2) is 0 Å². The third kappa shape index (κ3) is 3.43. The number of hydrogen-bond donors (Lipinski definition) is 1. The Kier molecular flexibility index (Phi) is 5.42. The lowest BCUT2D eigenvalue weighted by Gasteiger charge is -2.13. The van der Waals surface area contributed by atoms with E-state index in [-0.39, 0.29) is 5.56 Å². The molecule has 0 aromatic carbocycles. The first kappa shape index (κ1) is 14.0. The van der Waals surface area contributed by atoms with E-state index < -0.39 is 0 Å². The molecule has 0 saturated heterocycles. The Hall–Kier alpha value is -1.09. The molecule has 0 unspecified atom stereocenters. The Morgan fingerprint density at radius 1 is 1.29 bits per heavy atom. The van der Waals surface area contributed by atoms with Crippen molar-refractivity contribution in [2.45, 2.75) is 53.6 Å². The van der Waals surface area contributed by atoms with Crippen molar-refractivity contribution < 1.29 is 0 Å². The molecule has 3 heteroatoms. The summed E-state index contributed by atoms with van der Waals surface area (Å²) in [5.74, 6) is 0. The number of aryl methyl sites for hydroxylation is 2. The summed E-state index contributed by atoms with van der Waals surface area (Å²) in [6, 6.07) is 2.10. The second-order valence-electron chi connectivity index (χ2n) is 4.53. The summed E-state index contributed by atoms with van der Waals surface area (Å²) in [5, 5.41) is 3.34. The number of rotatable bonds is 6. The Morgan fingerprint density at radius 2 is 2.00 bits per heavy atom. The van der Waals surface area contributed by atoms with Gasteiger partial charge in [-0.15, -0.1) is 0 Å². The molecule has 0 aliphatic carbocycles. The quantitative estimate of drug-likeness (QED) is 0.769. The van der Waals surface area contributed by atoms with Crippen molar-refractivity contribution in [1.82, 2.24) is 9.88 Å². The van der Waals surface area contributed by atoms with Crippen LogP contribution in [0.1, 0.15) is 43.5 Å². The maximum atomic E-state index is 12.2. The molecular weight excluding hydrogens is 212 g/mol. The highest BCUT2D eigenvalue weighted by Crippen LogP contribution is 2.06. The molecule has 17 heavy (non-hydrogen) atoms. The number of unbranched alkanes of at least 4 members (excludes halogenated alkanes) is 1. The molecule has 0 radical (unpaired) electrons. The van der Waals surface area contributed by atoms with Crippen LogP contribution < -0.4 is 10.9 Å². The molecule has 0 bridgehead atoms. The molecule has 0 fully saturated rings. The van der Waals surface area contributed by atoms with E-state index in [1.165, 1.54) is 6.42 Å². The zero-order valence-electron chi connectivity index (χ0n) is 11.5. The summed E-state index contributed by atoms with van der Waals surface area (Å²) in [7, 11) is 0. The minimum absolute atomic E-state index is 0.161. The Balaban J connectivity index is 2.88. The predicted octanol–water partition coefficient (Wildman–Crippen LogP) is 2.37. The van der Waals surface area contributed by atoms with Gasteiger partial charge in [0.2, 0.25) is 0 Å². The Morgan fingerprint density at radius 3 is 2.59 bits per heavy atom. The highest BCUT2D eigenvalue weighted by atomic mass is 16.1. The first-order valence-corrected chi connectivity index (χ1v) is 6.52. The average molecular weight is 236 g/mol. The van der Waals surface area contributed by atoms with Crippen LogP contribution in [0, 0.1) is 13.8 Å². The number of nitrogens with one attached hydrogen (secondary N) is 1. The number of aromatic nitrogens is 1. The van der Waals surface area contributed by atoms with Gasteiger partial charge in [0.1, 0.15) is 0 Å². The van der Waals surface area contributed by atoms with Crippen LogP contribution in [0.2, 0.25) is 0 Å². The molecule has 1 aromatic heterocycles. The van der Waals surface area contributed by atoms with Crippen LogP contribution >= 0.6 is 0 Å². The predicted molar refractivity (Wildman–Crippen MR) is 72.5 cm³/mol. The summed E-state index contributed by atoms with van der Waals surface area (Å²) in [6.45, 7) is 10.6. The van der Waals surface area contributed by atoms with Gasteiger partial charge in [-0.3, -0.25) is 4.79 Å². The fourth-order valence-electron chi connectivity index (χ4n) is 2.09. The average Bonchev–Trinajstić information content (AvgIpc) is 2.28. The summed E-state index contributed by atoms with van der Waals surface area (Å²) >= 11 is 0. The third-order valence-electron chi connectivity index (χ3n) is 3.16. The van der Waals surface area contributed by atoms with E-state index in [2.05, 4.69) is 18.3 Å². The molecule has 0 spiro atoms. The van der Waals surface area contributed by atoms with E-state index in [4.69, 9.17) is 0 Å². The van der Waals surface area contributed by atoms with Crippen LogP contribution in [0.25, 0.3) is 0 Å². The SMILES string of the molecule is CCCCNCc1c(C)cc(C)n(CC)c1=O. The Labute approximate surface area is 104 Å². The lowest BCUT2D eigenvalue weighted by molar-refractivity contribution is 0.621. The van der Waals surface area contributed by atoms with Gasteiger partial charge in [0.25, 0.3) is 5.56 Å². The Bertz CT molecular complexity index is 421. The molecule has 1 aromatic rings. The second kappa shape index (κ2) is 6.60. The zero-order chi connectivity index (χ0) is 12.8. The molecule has 1 N–H and O–H groups in total. The fourth-order valence-corrected chi connectivity index (χ4v) is 2.09. The standard InChI is InChI=1S/C14H24N2O/c1-5-7-8-15-10-13-11(3)9-12(4)16(6-2)14(13)17/h9,15H,5-8,10H2,1-4H3. The molecule has 0 atom stereocenters. The van der Waals surface area contributed by atoms with Gasteiger partial charge in [0, 0.05) is 24.3 Å². The van der Waals surface area contributed by atoms with Crippen LogP contribution in [0.3, 0.4) is 0 Å². The van der Waals surface area contributed by atoms with Crippen LogP contribution in [0.4, 0.5) is 0 Å². The van der Waals surface area contributed by atoms with Gasteiger partial charge in [-0.2, -0.15) is 0 Å². The van der Waals surface area contributed by atoms with Crippen molar-refractivity contribution in [3.8, 4) is 0 Å². The molecule has 3 nitrogen and oxygen atoms in total.